The summed E-state index contributed by atoms with van der Waals surface area (Å²) in [6.45, 7) is 0. The first kappa shape index (κ1) is 14.4. The lowest BCUT2D eigenvalue weighted by molar-refractivity contribution is 0.432. The fourth-order valence-electron chi connectivity index (χ4n) is 1.80. The summed E-state index contributed by atoms with van der Waals surface area (Å²) in [6, 6.07) is 10.9. The normalized spacial score (nSPS) is 10.8. The average Bonchev–Trinajstić information content (AvgIpc) is 2.94. The number of hydrogen-bond acceptors (Lipinski definition) is 4. The number of anilines is 1. The molecule has 1 heterocycles. The molecule has 4 nitrogen and oxygen atoms in total. The van der Waals surface area contributed by atoms with Crippen molar-refractivity contribution in [1.29, 1.82) is 0 Å². The molecule has 0 atom stereocenters. The van der Waals surface area contributed by atoms with Crippen molar-refractivity contribution in [2.45, 2.75) is 0 Å². The minimum Gasteiger partial charge on any atom is -0.396 e. The van der Waals surface area contributed by atoms with E-state index in [-0.39, 0.29) is 0 Å². The van der Waals surface area contributed by atoms with E-state index in [1.807, 2.05) is 24.3 Å². The summed E-state index contributed by atoms with van der Waals surface area (Å²) in [5, 5.41) is 4.66. The zero-order valence-corrected chi connectivity index (χ0v) is 13.6. The fourth-order valence-corrected chi connectivity index (χ4v) is 2.75. The summed E-state index contributed by atoms with van der Waals surface area (Å²) < 4.78 is 6.15. The maximum atomic E-state index is 6.01. The van der Waals surface area contributed by atoms with E-state index < -0.39 is 0 Å². The number of hydrogen-bond donors (Lipinski definition) is 1. The number of halogens is 3. The van der Waals surface area contributed by atoms with E-state index in [0.29, 0.717) is 33.0 Å². The van der Waals surface area contributed by atoms with Gasteiger partial charge in [-0.05, 0) is 24.3 Å². The Hall–Kier alpha value is -1.56. The molecule has 0 aliphatic carbocycles. The smallest absolute Gasteiger partial charge is 0.258 e. The molecule has 0 aliphatic heterocycles. The van der Waals surface area contributed by atoms with Crippen LogP contribution in [-0.4, -0.2) is 10.1 Å². The summed E-state index contributed by atoms with van der Waals surface area (Å²) in [4.78, 5) is 4.36. The van der Waals surface area contributed by atoms with Gasteiger partial charge in [0, 0.05) is 15.6 Å². The molecule has 106 valence electrons. The van der Waals surface area contributed by atoms with Crippen molar-refractivity contribution in [3.63, 3.8) is 0 Å². The number of benzene rings is 2. The molecule has 3 aromatic rings. The van der Waals surface area contributed by atoms with Gasteiger partial charge in [-0.15, -0.1) is 0 Å². The van der Waals surface area contributed by atoms with Crippen LogP contribution in [0, 0.1) is 0 Å². The molecule has 7 heteroatoms. The van der Waals surface area contributed by atoms with E-state index in [1.165, 1.54) is 0 Å². The molecule has 2 N–H and O–H groups in total. The van der Waals surface area contributed by atoms with E-state index in [9.17, 15) is 0 Å². The molecule has 0 aliphatic rings. The topological polar surface area (TPSA) is 64.9 Å². The van der Waals surface area contributed by atoms with Gasteiger partial charge in [-0.1, -0.05) is 56.4 Å². The molecule has 21 heavy (non-hydrogen) atoms. The largest absolute Gasteiger partial charge is 0.396 e. The van der Waals surface area contributed by atoms with Crippen LogP contribution in [0.1, 0.15) is 0 Å². The molecular weight excluding hydrogens is 377 g/mol. The zero-order chi connectivity index (χ0) is 15.0. The van der Waals surface area contributed by atoms with Gasteiger partial charge in [0.05, 0.1) is 15.7 Å². The number of rotatable bonds is 2. The molecule has 0 unspecified atom stereocenters. The minimum atomic E-state index is 0.324. The first-order valence-corrected chi connectivity index (χ1v) is 7.44. The van der Waals surface area contributed by atoms with Crippen molar-refractivity contribution in [2.75, 3.05) is 5.73 Å². The highest BCUT2D eigenvalue weighted by Gasteiger charge is 2.15. The SMILES string of the molecule is Nc1c(Cl)cc(-c2nc(-c3ccccc3Br)no2)cc1Cl. The molecule has 0 bridgehead atoms. The molecule has 3 rings (SSSR count). The van der Waals surface area contributed by atoms with Crippen LogP contribution in [0.4, 0.5) is 5.69 Å². The Bertz CT molecular complexity index is 796. The summed E-state index contributed by atoms with van der Waals surface area (Å²) in [7, 11) is 0. The highest BCUT2D eigenvalue weighted by molar-refractivity contribution is 9.10. The molecule has 0 saturated heterocycles. The van der Waals surface area contributed by atoms with E-state index in [1.54, 1.807) is 12.1 Å². The number of nitrogen functional groups attached to an aromatic ring is 1. The first-order valence-electron chi connectivity index (χ1n) is 5.90. The van der Waals surface area contributed by atoms with Gasteiger partial charge in [-0.3, -0.25) is 0 Å². The Labute approximate surface area is 139 Å². The Balaban J connectivity index is 2.05. The van der Waals surface area contributed by atoms with Crippen LogP contribution in [0.15, 0.2) is 45.4 Å². The maximum Gasteiger partial charge on any atom is 0.258 e. The summed E-state index contributed by atoms with van der Waals surface area (Å²) in [6.07, 6.45) is 0. The van der Waals surface area contributed by atoms with Gasteiger partial charge in [0.2, 0.25) is 5.82 Å². The van der Waals surface area contributed by atoms with Crippen molar-refractivity contribution in [2.24, 2.45) is 0 Å². The molecule has 0 radical (unpaired) electrons. The van der Waals surface area contributed by atoms with Crippen LogP contribution < -0.4 is 5.73 Å². The Kier molecular flexibility index (Phi) is 3.89. The lowest BCUT2D eigenvalue weighted by atomic mass is 10.2. The third-order valence-electron chi connectivity index (χ3n) is 2.87. The van der Waals surface area contributed by atoms with Crippen molar-refractivity contribution >= 4 is 44.8 Å². The Morgan fingerprint density at radius 1 is 1.10 bits per heavy atom. The molecule has 0 saturated carbocycles. The summed E-state index contributed by atoms with van der Waals surface area (Å²) in [5.41, 5.74) is 7.48. The van der Waals surface area contributed by atoms with Crippen LogP contribution in [-0.2, 0) is 0 Å². The van der Waals surface area contributed by atoms with Gasteiger partial charge in [0.25, 0.3) is 5.89 Å². The third-order valence-corrected chi connectivity index (χ3v) is 4.18. The van der Waals surface area contributed by atoms with Crippen molar-refractivity contribution in [3.05, 3.63) is 50.9 Å². The predicted octanol–water partition coefficient (Wildman–Crippen LogP) is 5.06. The van der Waals surface area contributed by atoms with Gasteiger partial charge < -0.3 is 10.3 Å². The highest BCUT2D eigenvalue weighted by Crippen LogP contribution is 2.34. The fraction of sp³-hybridized carbons (Fsp3) is 0. The Morgan fingerprint density at radius 3 is 2.43 bits per heavy atom. The van der Waals surface area contributed by atoms with Crippen LogP contribution in [0.25, 0.3) is 22.8 Å². The predicted molar refractivity (Wildman–Crippen MR) is 87.3 cm³/mol. The second kappa shape index (κ2) is 5.67. The van der Waals surface area contributed by atoms with Crippen LogP contribution in [0.2, 0.25) is 10.0 Å². The quantitative estimate of drug-likeness (QED) is 0.627. The monoisotopic (exact) mass is 383 g/mol. The van der Waals surface area contributed by atoms with Crippen molar-refractivity contribution in [1.82, 2.24) is 10.1 Å². The molecule has 2 aromatic carbocycles. The van der Waals surface area contributed by atoms with E-state index in [0.717, 1.165) is 10.0 Å². The third kappa shape index (κ3) is 2.77. The van der Waals surface area contributed by atoms with Crippen LogP contribution >= 0.6 is 39.1 Å². The second-order valence-corrected chi connectivity index (χ2v) is 5.93. The van der Waals surface area contributed by atoms with Gasteiger partial charge in [-0.25, -0.2) is 0 Å². The zero-order valence-electron chi connectivity index (χ0n) is 10.5. The lowest BCUT2D eigenvalue weighted by Crippen LogP contribution is -1.89. The molecule has 0 spiro atoms. The lowest BCUT2D eigenvalue weighted by Gasteiger charge is -2.02. The van der Waals surface area contributed by atoms with E-state index in [2.05, 4.69) is 26.1 Å². The van der Waals surface area contributed by atoms with E-state index in [4.69, 9.17) is 33.5 Å². The first-order chi connectivity index (χ1) is 10.1. The number of nitrogens with two attached hydrogens (primary N) is 1. The summed E-state index contributed by atoms with van der Waals surface area (Å²) in [5.74, 6) is 0.797. The molecular formula is C14H8BrCl2N3O. The van der Waals surface area contributed by atoms with Gasteiger partial charge in [-0.2, -0.15) is 4.98 Å². The van der Waals surface area contributed by atoms with Gasteiger partial charge >= 0.3 is 0 Å². The number of aromatic nitrogens is 2. The molecule has 1 aromatic heterocycles. The van der Waals surface area contributed by atoms with Crippen molar-refractivity contribution in [3.8, 4) is 22.8 Å². The second-order valence-electron chi connectivity index (χ2n) is 4.26. The standard InChI is InChI=1S/C14H8BrCl2N3O/c15-9-4-2-1-3-8(9)13-19-14(21-20-13)7-5-10(16)12(18)11(17)6-7/h1-6H,18H2. The van der Waals surface area contributed by atoms with Crippen LogP contribution in [0.5, 0.6) is 0 Å². The summed E-state index contributed by atoms with van der Waals surface area (Å²) >= 11 is 15.5. The Morgan fingerprint density at radius 2 is 1.76 bits per heavy atom. The maximum absolute atomic E-state index is 6.01. The van der Waals surface area contributed by atoms with Gasteiger partial charge in [0.1, 0.15) is 0 Å². The average molecular weight is 385 g/mol. The number of nitrogens with zero attached hydrogens (tertiary/aromatic N) is 2. The minimum absolute atomic E-state index is 0.324. The van der Waals surface area contributed by atoms with E-state index >= 15 is 0 Å². The molecule has 0 amide bonds. The van der Waals surface area contributed by atoms with Crippen molar-refractivity contribution < 1.29 is 4.52 Å². The van der Waals surface area contributed by atoms with Gasteiger partial charge in [0.15, 0.2) is 0 Å². The highest BCUT2D eigenvalue weighted by atomic mass is 79.9. The molecule has 0 fully saturated rings. The van der Waals surface area contributed by atoms with Crippen LogP contribution in [0.3, 0.4) is 0 Å².